The van der Waals surface area contributed by atoms with Gasteiger partial charge in [0.05, 0.1) is 60.0 Å². The first-order chi connectivity index (χ1) is 20.6. The number of carbonyl (C=O) groups excluding carboxylic acids is 2. The van der Waals surface area contributed by atoms with Gasteiger partial charge in [-0.1, -0.05) is 11.3 Å². The lowest BCUT2D eigenvalue weighted by molar-refractivity contribution is -0.124. The van der Waals surface area contributed by atoms with E-state index in [0.29, 0.717) is 41.6 Å². The molecule has 2 amide bonds. The predicted octanol–water partition coefficient (Wildman–Crippen LogP) is 0.544. The fraction of sp³-hybridized carbons (Fsp3) is 0.269. The first-order valence-corrected chi connectivity index (χ1v) is 12.9. The van der Waals surface area contributed by atoms with Crippen LogP contribution in [0.1, 0.15) is 16.2 Å². The van der Waals surface area contributed by atoms with Crippen molar-refractivity contribution in [1.82, 2.24) is 40.8 Å². The monoisotopic (exact) mass is 576 g/mol. The standard InChI is InChI=1S/C26H27B3N10O4/c1-15-7-8-20(35-34-15)32-21-13-19(23(37-36-21)25(41)33-26(27,28)29)31-18-6-4-5-16(24(18)43-3)17-9-11-39(38-17)12-10-30-22(40)14-42-2/h4-9,11,13H,10,12,14H2,1-3H3,(H,30,40)(H,33,41)(H2,31,32,35,36). The zero-order chi connectivity index (χ0) is 31.0. The van der Waals surface area contributed by atoms with Gasteiger partial charge in [0.25, 0.3) is 5.91 Å². The average Bonchev–Trinajstić information content (AvgIpc) is 3.42. The second-order valence-electron chi connectivity index (χ2n) is 9.32. The summed E-state index contributed by atoms with van der Waals surface area (Å²) in [5.74, 6) is 0.142. The summed E-state index contributed by atoms with van der Waals surface area (Å²) in [5.41, 5.74) is 2.61. The molecule has 4 N–H and O–H groups in total. The number of anilines is 4. The summed E-state index contributed by atoms with van der Waals surface area (Å²) in [7, 11) is 19.7. The van der Waals surface area contributed by atoms with Crippen LogP contribution in [0.2, 0.25) is 0 Å². The van der Waals surface area contributed by atoms with E-state index in [1.54, 1.807) is 41.2 Å². The SMILES string of the molecule is [B]C([B])([B])NC(=O)c1nnc(Nc2ccc(C)nn2)cc1Nc1cccc(-c2ccn(CCNC(=O)COC)n2)c1OC. The Morgan fingerprint density at radius 2 is 1.74 bits per heavy atom. The molecular formula is C26H27B3N10O4. The van der Waals surface area contributed by atoms with Crippen molar-refractivity contribution < 1.29 is 19.1 Å². The van der Waals surface area contributed by atoms with Crippen molar-refractivity contribution in [1.29, 1.82) is 0 Å². The van der Waals surface area contributed by atoms with Crippen molar-refractivity contribution in [3.8, 4) is 17.0 Å². The number of rotatable bonds is 13. The number of benzene rings is 1. The van der Waals surface area contributed by atoms with Crippen molar-refractivity contribution >= 4 is 58.4 Å². The molecule has 3 heterocycles. The van der Waals surface area contributed by atoms with Crippen molar-refractivity contribution in [2.75, 3.05) is 38.0 Å². The molecule has 14 nitrogen and oxygen atoms in total. The molecule has 0 aliphatic heterocycles. The zero-order valence-corrected chi connectivity index (χ0v) is 23.8. The third-order valence-corrected chi connectivity index (χ3v) is 5.74. The predicted molar refractivity (Wildman–Crippen MR) is 162 cm³/mol. The van der Waals surface area contributed by atoms with Crippen LogP contribution >= 0.6 is 0 Å². The van der Waals surface area contributed by atoms with Crippen LogP contribution in [0.25, 0.3) is 11.3 Å². The van der Waals surface area contributed by atoms with Crippen molar-refractivity contribution in [2.24, 2.45) is 0 Å². The Labute approximate surface area is 252 Å². The Morgan fingerprint density at radius 3 is 2.44 bits per heavy atom. The van der Waals surface area contributed by atoms with E-state index in [1.807, 2.05) is 19.1 Å². The molecule has 0 aliphatic rings. The summed E-state index contributed by atoms with van der Waals surface area (Å²) in [5, 5.41) is 30.1. The van der Waals surface area contributed by atoms with Crippen LogP contribution in [-0.4, -0.2) is 98.1 Å². The average molecular weight is 576 g/mol. The minimum atomic E-state index is -1.99. The second-order valence-corrected chi connectivity index (χ2v) is 9.32. The number of aryl methyl sites for hydroxylation is 1. The maximum absolute atomic E-state index is 13.0. The molecule has 6 radical (unpaired) electrons. The Kier molecular flexibility index (Phi) is 9.98. The van der Waals surface area contributed by atoms with Gasteiger partial charge in [-0.15, -0.1) is 15.3 Å². The van der Waals surface area contributed by atoms with Crippen LogP contribution in [0.5, 0.6) is 5.75 Å². The molecule has 3 aromatic heterocycles. The molecule has 1 aromatic carbocycles. The van der Waals surface area contributed by atoms with E-state index < -0.39 is 11.1 Å². The summed E-state index contributed by atoms with van der Waals surface area (Å²) in [4.78, 5) is 24.6. The number of methoxy groups -OCH3 is 2. The Hall–Kier alpha value is -4.92. The van der Waals surface area contributed by atoms with E-state index >= 15 is 0 Å². The van der Waals surface area contributed by atoms with Crippen LogP contribution < -0.4 is 26.0 Å². The van der Waals surface area contributed by atoms with Crippen molar-refractivity contribution in [3.63, 3.8) is 0 Å². The number of ether oxygens (including phenoxy) is 2. The minimum Gasteiger partial charge on any atom is -0.494 e. The number of hydrogen-bond acceptors (Lipinski definition) is 11. The number of carbonyl (C=O) groups is 2. The largest absolute Gasteiger partial charge is 0.494 e. The highest BCUT2D eigenvalue weighted by Gasteiger charge is 2.22. The van der Waals surface area contributed by atoms with Gasteiger partial charge in [-0.25, -0.2) is 0 Å². The Balaban J connectivity index is 1.63. The summed E-state index contributed by atoms with van der Waals surface area (Å²) in [6, 6.07) is 12.3. The van der Waals surface area contributed by atoms with Crippen molar-refractivity contribution in [2.45, 2.75) is 18.7 Å². The van der Waals surface area contributed by atoms with Gasteiger partial charge in [0, 0.05) is 31.5 Å². The van der Waals surface area contributed by atoms with Gasteiger partial charge in [-0.05, 0) is 37.3 Å². The van der Waals surface area contributed by atoms with Gasteiger partial charge in [0.15, 0.2) is 23.1 Å². The molecule has 0 atom stereocenters. The van der Waals surface area contributed by atoms with E-state index in [4.69, 9.17) is 33.0 Å². The molecule has 0 spiro atoms. The molecule has 17 heteroatoms. The molecule has 4 aromatic rings. The van der Waals surface area contributed by atoms with E-state index in [1.165, 1.54) is 14.2 Å². The summed E-state index contributed by atoms with van der Waals surface area (Å²) >= 11 is 0. The van der Waals surface area contributed by atoms with Crippen LogP contribution in [0, 0.1) is 6.92 Å². The minimum absolute atomic E-state index is 0.0130. The first kappa shape index (κ1) is 31.0. The smallest absolute Gasteiger partial charge is 0.272 e. The molecule has 0 bridgehead atoms. The lowest BCUT2D eigenvalue weighted by Crippen LogP contribution is -2.50. The Morgan fingerprint density at radius 1 is 0.953 bits per heavy atom. The molecule has 4 rings (SSSR count). The Bertz CT molecular complexity index is 1580. The summed E-state index contributed by atoms with van der Waals surface area (Å²) < 4.78 is 12.3. The number of para-hydroxylation sites is 1. The fourth-order valence-electron chi connectivity index (χ4n) is 3.89. The molecule has 0 saturated carbocycles. The maximum atomic E-state index is 13.0. The van der Waals surface area contributed by atoms with Gasteiger partial charge in [-0.3, -0.25) is 14.3 Å². The molecule has 0 fully saturated rings. The maximum Gasteiger partial charge on any atom is 0.272 e. The molecule has 0 unspecified atom stereocenters. The number of nitrogens with zero attached hydrogens (tertiary/aromatic N) is 6. The number of amides is 2. The lowest BCUT2D eigenvalue weighted by atomic mass is 9.49. The highest BCUT2D eigenvalue weighted by Crippen LogP contribution is 2.38. The van der Waals surface area contributed by atoms with E-state index in [0.717, 1.165) is 5.69 Å². The van der Waals surface area contributed by atoms with Gasteiger partial charge in [-0.2, -0.15) is 10.2 Å². The topological polar surface area (TPSA) is 170 Å². The molecule has 0 saturated heterocycles. The number of aromatic nitrogens is 6. The third kappa shape index (κ3) is 8.55. The van der Waals surface area contributed by atoms with Crippen LogP contribution in [0.4, 0.5) is 23.0 Å². The molecule has 0 aliphatic carbocycles. The van der Waals surface area contributed by atoms with Crippen LogP contribution in [0.15, 0.2) is 48.7 Å². The van der Waals surface area contributed by atoms with Gasteiger partial charge in [0.1, 0.15) is 6.61 Å². The van der Waals surface area contributed by atoms with E-state index in [-0.39, 0.29) is 29.7 Å². The zero-order valence-electron chi connectivity index (χ0n) is 23.8. The summed E-state index contributed by atoms with van der Waals surface area (Å²) in [6.45, 7) is 2.63. The van der Waals surface area contributed by atoms with Gasteiger partial charge in [0.2, 0.25) is 5.91 Å². The molecular weight excluding hydrogens is 549 g/mol. The summed E-state index contributed by atoms with van der Waals surface area (Å²) in [6.07, 6.45) is 1.79. The van der Waals surface area contributed by atoms with Gasteiger partial charge < -0.3 is 30.7 Å². The van der Waals surface area contributed by atoms with Crippen LogP contribution in [-0.2, 0) is 16.1 Å². The number of nitrogens with one attached hydrogen (secondary N) is 4. The second kappa shape index (κ2) is 13.8. The van der Waals surface area contributed by atoms with Gasteiger partial charge >= 0.3 is 0 Å². The van der Waals surface area contributed by atoms with E-state index in [2.05, 4.69) is 46.8 Å². The lowest BCUT2D eigenvalue weighted by Gasteiger charge is -2.23. The highest BCUT2D eigenvalue weighted by atomic mass is 16.5. The number of hydrogen-bond donors (Lipinski definition) is 4. The normalized spacial score (nSPS) is 11.0. The molecule has 214 valence electrons. The highest BCUT2D eigenvalue weighted by molar-refractivity contribution is 6.60. The van der Waals surface area contributed by atoms with Crippen LogP contribution in [0.3, 0.4) is 0 Å². The van der Waals surface area contributed by atoms with E-state index in [9.17, 15) is 9.59 Å². The quantitative estimate of drug-likeness (QED) is 0.164. The molecule has 43 heavy (non-hydrogen) atoms. The first-order valence-electron chi connectivity index (χ1n) is 12.9. The van der Waals surface area contributed by atoms with Crippen molar-refractivity contribution in [3.05, 3.63) is 60.0 Å². The third-order valence-electron chi connectivity index (χ3n) is 5.74. The fourth-order valence-corrected chi connectivity index (χ4v) is 3.89.